The fourth-order valence-electron chi connectivity index (χ4n) is 2.36. The van der Waals surface area contributed by atoms with Gasteiger partial charge in [-0.05, 0) is 37.1 Å². The lowest BCUT2D eigenvalue weighted by Gasteiger charge is -2.15. The highest BCUT2D eigenvalue weighted by molar-refractivity contribution is 5.79. The zero-order valence-electron chi connectivity index (χ0n) is 12.9. The van der Waals surface area contributed by atoms with Crippen LogP contribution in [0.1, 0.15) is 18.1 Å². The molecule has 0 aromatic heterocycles. The summed E-state index contributed by atoms with van der Waals surface area (Å²) in [5, 5.41) is 12.6. The van der Waals surface area contributed by atoms with E-state index in [4.69, 9.17) is 4.74 Å². The highest BCUT2D eigenvalue weighted by atomic mass is 16.5. The Labute approximate surface area is 130 Å². The molecule has 4 nitrogen and oxygen atoms in total. The van der Waals surface area contributed by atoms with Gasteiger partial charge in [0.2, 0.25) is 5.91 Å². The zero-order valence-corrected chi connectivity index (χ0v) is 12.9. The molecule has 2 N–H and O–H groups in total. The minimum Gasteiger partial charge on any atom is -0.508 e. The van der Waals surface area contributed by atoms with Gasteiger partial charge in [0, 0.05) is 11.6 Å². The predicted molar refractivity (Wildman–Crippen MR) is 86.1 cm³/mol. The van der Waals surface area contributed by atoms with Gasteiger partial charge in [-0.1, -0.05) is 30.3 Å². The molecule has 0 saturated carbocycles. The van der Waals surface area contributed by atoms with Gasteiger partial charge in [-0.15, -0.1) is 0 Å². The summed E-state index contributed by atoms with van der Waals surface area (Å²) in [5.41, 5.74) is 1.74. The van der Waals surface area contributed by atoms with Crippen LogP contribution in [-0.4, -0.2) is 24.2 Å². The van der Waals surface area contributed by atoms with Crippen LogP contribution in [0.5, 0.6) is 11.5 Å². The number of carbonyl (C=O) groups is 1. The minimum atomic E-state index is -0.100. The lowest BCUT2D eigenvalue weighted by molar-refractivity contribution is -0.121. The van der Waals surface area contributed by atoms with E-state index in [0.29, 0.717) is 5.56 Å². The first-order chi connectivity index (χ1) is 10.6. The molecule has 0 bridgehead atoms. The van der Waals surface area contributed by atoms with E-state index in [1.807, 2.05) is 37.3 Å². The van der Waals surface area contributed by atoms with Crippen LogP contribution in [0.4, 0.5) is 0 Å². The van der Waals surface area contributed by atoms with Crippen LogP contribution in [0, 0.1) is 0 Å². The summed E-state index contributed by atoms with van der Waals surface area (Å²) in [6.07, 6.45) is 0.902. The fourth-order valence-corrected chi connectivity index (χ4v) is 2.36. The second kappa shape index (κ2) is 7.50. The van der Waals surface area contributed by atoms with Crippen molar-refractivity contribution in [2.75, 3.05) is 7.11 Å². The standard InChI is InChI=1S/C18H21NO3/c1-13(10-14-6-5-8-16(11-14)22-2)19-18(21)12-15-7-3-4-9-17(15)20/h3-9,11,13,20H,10,12H2,1-2H3,(H,19,21)/t13-/m1/s1. The van der Waals surface area contributed by atoms with Gasteiger partial charge in [0.25, 0.3) is 0 Å². The average molecular weight is 299 g/mol. The fraction of sp³-hybridized carbons (Fsp3) is 0.278. The number of phenols is 1. The molecule has 2 rings (SSSR count). The number of nitrogens with one attached hydrogen (secondary N) is 1. The van der Waals surface area contributed by atoms with E-state index >= 15 is 0 Å². The molecule has 0 radical (unpaired) electrons. The van der Waals surface area contributed by atoms with Gasteiger partial charge in [-0.2, -0.15) is 0 Å². The van der Waals surface area contributed by atoms with Crippen molar-refractivity contribution in [1.29, 1.82) is 0 Å². The molecule has 2 aromatic carbocycles. The lowest BCUT2D eigenvalue weighted by atomic mass is 10.1. The van der Waals surface area contributed by atoms with Gasteiger partial charge < -0.3 is 15.2 Å². The molecule has 0 spiro atoms. The van der Waals surface area contributed by atoms with Crippen LogP contribution in [0.2, 0.25) is 0 Å². The maximum Gasteiger partial charge on any atom is 0.224 e. The molecular formula is C18H21NO3. The van der Waals surface area contributed by atoms with Crippen LogP contribution >= 0.6 is 0 Å². The lowest BCUT2D eigenvalue weighted by Crippen LogP contribution is -2.35. The van der Waals surface area contributed by atoms with E-state index in [1.54, 1.807) is 25.3 Å². The summed E-state index contributed by atoms with van der Waals surface area (Å²) >= 11 is 0. The summed E-state index contributed by atoms with van der Waals surface area (Å²) in [7, 11) is 1.64. The molecule has 0 aliphatic heterocycles. The number of benzene rings is 2. The highest BCUT2D eigenvalue weighted by Gasteiger charge is 2.11. The van der Waals surface area contributed by atoms with Crippen LogP contribution in [0.3, 0.4) is 0 Å². The summed E-state index contributed by atoms with van der Waals surface area (Å²) in [6, 6.07) is 14.7. The molecule has 0 aliphatic carbocycles. The molecule has 0 unspecified atom stereocenters. The van der Waals surface area contributed by atoms with Crippen molar-refractivity contribution in [3.8, 4) is 11.5 Å². The van der Waals surface area contributed by atoms with Crippen molar-refractivity contribution in [2.24, 2.45) is 0 Å². The van der Waals surface area contributed by atoms with Gasteiger partial charge in [0.1, 0.15) is 11.5 Å². The number of carbonyl (C=O) groups excluding carboxylic acids is 1. The third-order valence-corrected chi connectivity index (χ3v) is 3.43. The number of phenolic OH excluding ortho intramolecular Hbond substituents is 1. The van der Waals surface area contributed by atoms with Gasteiger partial charge in [0.15, 0.2) is 0 Å². The number of para-hydroxylation sites is 1. The van der Waals surface area contributed by atoms with Gasteiger partial charge in [-0.25, -0.2) is 0 Å². The van der Waals surface area contributed by atoms with Crippen molar-refractivity contribution in [1.82, 2.24) is 5.32 Å². The Kier molecular flexibility index (Phi) is 5.42. The molecule has 116 valence electrons. The van der Waals surface area contributed by atoms with Crippen LogP contribution in [0.15, 0.2) is 48.5 Å². The van der Waals surface area contributed by atoms with Crippen molar-refractivity contribution in [3.05, 3.63) is 59.7 Å². The van der Waals surface area contributed by atoms with E-state index < -0.39 is 0 Å². The summed E-state index contributed by atoms with van der Waals surface area (Å²) in [4.78, 5) is 12.0. The zero-order chi connectivity index (χ0) is 15.9. The Hall–Kier alpha value is -2.49. The van der Waals surface area contributed by atoms with E-state index in [2.05, 4.69) is 5.32 Å². The van der Waals surface area contributed by atoms with Gasteiger partial charge >= 0.3 is 0 Å². The third kappa shape index (κ3) is 4.52. The Morgan fingerprint density at radius 1 is 1.23 bits per heavy atom. The minimum absolute atomic E-state index is 0.00506. The van der Waals surface area contributed by atoms with E-state index in [1.165, 1.54) is 0 Å². The highest BCUT2D eigenvalue weighted by Crippen LogP contribution is 2.16. The van der Waals surface area contributed by atoms with Crippen LogP contribution < -0.4 is 10.1 Å². The molecule has 0 aliphatic rings. The second-order valence-corrected chi connectivity index (χ2v) is 5.33. The molecule has 1 atom stereocenters. The largest absolute Gasteiger partial charge is 0.508 e. The Balaban J connectivity index is 1.89. The first-order valence-corrected chi connectivity index (χ1v) is 7.27. The number of rotatable bonds is 6. The van der Waals surface area contributed by atoms with Crippen molar-refractivity contribution >= 4 is 5.91 Å². The quantitative estimate of drug-likeness (QED) is 0.862. The summed E-state index contributed by atoms with van der Waals surface area (Å²) in [5.74, 6) is 0.861. The Morgan fingerprint density at radius 2 is 2.00 bits per heavy atom. The maximum atomic E-state index is 12.0. The number of ether oxygens (including phenoxy) is 1. The third-order valence-electron chi connectivity index (χ3n) is 3.43. The average Bonchev–Trinajstić information content (AvgIpc) is 2.49. The number of hydrogen-bond donors (Lipinski definition) is 2. The maximum absolute atomic E-state index is 12.0. The number of hydrogen-bond acceptors (Lipinski definition) is 3. The first-order valence-electron chi connectivity index (χ1n) is 7.27. The molecule has 0 fully saturated rings. The first kappa shape index (κ1) is 15.9. The van der Waals surface area contributed by atoms with E-state index in [-0.39, 0.29) is 24.1 Å². The normalized spacial score (nSPS) is 11.7. The second-order valence-electron chi connectivity index (χ2n) is 5.33. The Morgan fingerprint density at radius 3 is 2.73 bits per heavy atom. The van der Waals surface area contributed by atoms with E-state index in [0.717, 1.165) is 17.7 Å². The molecule has 4 heteroatoms. The predicted octanol–water partition coefficient (Wildman–Crippen LogP) is 2.69. The molecule has 0 heterocycles. The molecule has 2 aromatic rings. The number of aromatic hydroxyl groups is 1. The topological polar surface area (TPSA) is 58.6 Å². The molecule has 22 heavy (non-hydrogen) atoms. The van der Waals surface area contributed by atoms with Gasteiger partial charge in [-0.3, -0.25) is 4.79 Å². The van der Waals surface area contributed by atoms with Crippen LogP contribution in [0.25, 0.3) is 0 Å². The SMILES string of the molecule is COc1cccc(C[C@@H](C)NC(=O)Cc2ccccc2O)c1. The molecule has 0 saturated heterocycles. The monoisotopic (exact) mass is 299 g/mol. The van der Waals surface area contributed by atoms with Crippen molar-refractivity contribution in [2.45, 2.75) is 25.8 Å². The summed E-state index contributed by atoms with van der Waals surface area (Å²) < 4.78 is 5.19. The molecular weight excluding hydrogens is 278 g/mol. The van der Waals surface area contributed by atoms with Gasteiger partial charge in [0.05, 0.1) is 13.5 Å². The van der Waals surface area contributed by atoms with E-state index in [9.17, 15) is 9.90 Å². The molecule has 1 amide bonds. The number of methoxy groups -OCH3 is 1. The van der Waals surface area contributed by atoms with Crippen molar-refractivity contribution in [3.63, 3.8) is 0 Å². The summed E-state index contributed by atoms with van der Waals surface area (Å²) in [6.45, 7) is 1.96. The number of amides is 1. The van der Waals surface area contributed by atoms with Crippen LogP contribution in [-0.2, 0) is 17.6 Å². The smallest absolute Gasteiger partial charge is 0.224 e. The van der Waals surface area contributed by atoms with Crippen molar-refractivity contribution < 1.29 is 14.6 Å². The Bertz CT molecular complexity index is 640.